The van der Waals surface area contributed by atoms with Crippen molar-refractivity contribution in [1.82, 2.24) is 5.32 Å². The molecular weight excluding hydrogens is 172 g/mol. The van der Waals surface area contributed by atoms with Gasteiger partial charge in [-0.25, -0.2) is 0 Å². The van der Waals surface area contributed by atoms with E-state index < -0.39 is 0 Å². The van der Waals surface area contributed by atoms with Gasteiger partial charge in [0.25, 0.3) is 0 Å². The molecule has 0 aliphatic rings. The van der Waals surface area contributed by atoms with Crippen molar-refractivity contribution in [2.45, 2.75) is 66.0 Å². The molecule has 0 aliphatic heterocycles. The Kier molecular flexibility index (Phi) is 4.17. The van der Waals surface area contributed by atoms with Crippen LogP contribution in [0.2, 0.25) is 0 Å². The highest BCUT2D eigenvalue weighted by molar-refractivity contribution is 4.90. The molecule has 0 aliphatic carbocycles. The Labute approximate surface area is 89.6 Å². The molecule has 2 nitrogen and oxygen atoms in total. The second kappa shape index (κ2) is 4.19. The quantitative estimate of drug-likeness (QED) is 0.732. The lowest BCUT2D eigenvalue weighted by molar-refractivity contribution is 0.191. The van der Waals surface area contributed by atoms with E-state index in [1.54, 1.807) is 0 Å². The summed E-state index contributed by atoms with van der Waals surface area (Å²) in [6.07, 6.45) is 1.09. The van der Waals surface area contributed by atoms with Crippen molar-refractivity contribution in [2.75, 3.05) is 6.54 Å². The van der Waals surface area contributed by atoms with Gasteiger partial charge in [0.05, 0.1) is 0 Å². The molecule has 0 fully saturated rings. The van der Waals surface area contributed by atoms with Crippen LogP contribution in [-0.4, -0.2) is 17.6 Å². The van der Waals surface area contributed by atoms with Gasteiger partial charge in [-0.15, -0.1) is 0 Å². The van der Waals surface area contributed by atoms with Crippen LogP contribution < -0.4 is 11.1 Å². The summed E-state index contributed by atoms with van der Waals surface area (Å²) in [5.74, 6) is 0. The summed E-state index contributed by atoms with van der Waals surface area (Å²) >= 11 is 0. The van der Waals surface area contributed by atoms with Gasteiger partial charge in [0.1, 0.15) is 0 Å². The van der Waals surface area contributed by atoms with Crippen molar-refractivity contribution in [1.29, 1.82) is 0 Å². The fourth-order valence-corrected chi connectivity index (χ4v) is 2.33. The van der Waals surface area contributed by atoms with Gasteiger partial charge >= 0.3 is 0 Å². The van der Waals surface area contributed by atoms with Crippen molar-refractivity contribution in [3.63, 3.8) is 0 Å². The SMILES string of the molecule is CC(C)(CN)CC(C)(C)NC(C)(C)C. The number of nitrogens with one attached hydrogen (secondary N) is 1. The van der Waals surface area contributed by atoms with E-state index in [1.165, 1.54) is 0 Å². The minimum Gasteiger partial charge on any atom is -0.330 e. The van der Waals surface area contributed by atoms with Crippen LogP contribution in [0.25, 0.3) is 0 Å². The predicted molar refractivity (Wildman–Crippen MR) is 64.4 cm³/mol. The van der Waals surface area contributed by atoms with Crippen LogP contribution in [0.3, 0.4) is 0 Å². The summed E-state index contributed by atoms with van der Waals surface area (Å²) in [4.78, 5) is 0. The van der Waals surface area contributed by atoms with Gasteiger partial charge < -0.3 is 11.1 Å². The molecule has 3 N–H and O–H groups in total. The molecule has 0 bridgehead atoms. The number of hydrogen-bond donors (Lipinski definition) is 2. The molecule has 0 saturated carbocycles. The molecule has 0 aromatic carbocycles. The maximum atomic E-state index is 5.75. The Bertz CT molecular complexity index is 175. The second-order valence-corrected chi connectivity index (χ2v) is 6.80. The minimum atomic E-state index is 0.140. The normalized spacial score (nSPS) is 14.6. The highest BCUT2D eigenvalue weighted by Crippen LogP contribution is 2.27. The van der Waals surface area contributed by atoms with Crippen LogP contribution in [-0.2, 0) is 0 Å². The molecule has 0 atom stereocenters. The molecule has 0 amide bonds. The average molecular weight is 200 g/mol. The zero-order valence-corrected chi connectivity index (χ0v) is 11.0. The molecule has 2 heteroatoms. The van der Waals surface area contributed by atoms with Crippen LogP contribution in [0.4, 0.5) is 0 Å². The minimum absolute atomic E-state index is 0.140. The standard InChI is InChI=1S/C12H28N2/c1-10(2,3)14-12(6,7)8-11(4,5)9-13/h14H,8-9,13H2,1-7H3. The van der Waals surface area contributed by atoms with E-state index in [0.29, 0.717) is 0 Å². The summed E-state index contributed by atoms with van der Waals surface area (Å²) in [6.45, 7) is 16.3. The van der Waals surface area contributed by atoms with E-state index >= 15 is 0 Å². The summed E-state index contributed by atoms with van der Waals surface area (Å²) in [6, 6.07) is 0. The molecule has 0 radical (unpaired) electrons. The molecule has 0 saturated heterocycles. The summed E-state index contributed by atoms with van der Waals surface area (Å²) in [7, 11) is 0. The van der Waals surface area contributed by atoms with Gasteiger partial charge in [-0.05, 0) is 53.0 Å². The monoisotopic (exact) mass is 200 g/mol. The van der Waals surface area contributed by atoms with Crippen LogP contribution >= 0.6 is 0 Å². The lowest BCUT2D eigenvalue weighted by Gasteiger charge is -2.40. The smallest absolute Gasteiger partial charge is 0.0135 e. The zero-order chi connectivity index (χ0) is 11.6. The Morgan fingerprint density at radius 2 is 1.36 bits per heavy atom. The fraction of sp³-hybridized carbons (Fsp3) is 1.00. The molecule has 0 rings (SSSR count). The zero-order valence-electron chi connectivity index (χ0n) is 11.0. The summed E-state index contributed by atoms with van der Waals surface area (Å²) in [5.41, 5.74) is 6.26. The van der Waals surface area contributed by atoms with E-state index in [2.05, 4.69) is 53.8 Å². The van der Waals surface area contributed by atoms with Gasteiger partial charge in [0.2, 0.25) is 0 Å². The summed E-state index contributed by atoms with van der Waals surface area (Å²) < 4.78 is 0. The molecule has 0 aromatic heterocycles. The van der Waals surface area contributed by atoms with Crippen LogP contribution in [0.5, 0.6) is 0 Å². The molecule has 86 valence electrons. The Morgan fingerprint density at radius 1 is 0.929 bits per heavy atom. The van der Waals surface area contributed by atoms with E-state index in [-0.39, 0.29) is 16.5 Å². The van der Waals surface area contributed by atoms with E-state index in [9.17, 15) is 0 Å². The van der Waals surface area contributed by atoms with Crippen molar-refractivity contribution in [3.8, 4) is 0 Å². The van der Waals surface area contributed by atoms with Crippen molar-refractivity contribution in [3.05, 3.63) is 0 Å². The van der Waals surface area contributed by atoms with Gasteiger partial charge in [-0.3, -0.25) is 0 Å². The Balaban J connectivity index is 4.35. The van der Waals surface area contributed by atoms with Crippen LogP contribution in [0.15, 0.2) is 0 Å². The third-order valence-corrected chi connectivity index (χ3v) is 2.19. The second-order valence-electron chi connectivity index (χ2n) is 6.80. The highest BCUT2D eigenvalue weighted by Gasteiger charge is 2.30. The Hall–Kier alpha value is -0.0800. The van der Waals surface area contributed by atoms with Crippen molar-refractivity contribution >= 4 is 0 Å². The fourth-order valence-electron chi connectivity index (χ4n) is 2.33. The molecular formula is C12H28N2. The number of rotatable bonds is 4. The predicted octanol–water partition coefficient (Wildman–Crippen LogP) is 2.53. The van der Waals surface area contributed by atoms with E-state index in [1.807, 2.05) is 0 Å². The largest absolute Gasteiger partial charge is 0.330 e. The maximum absolute atomic E-state index is 5.75. The molecule has 0 aromatic rings. The van der Waals surface area contributed by atoms with Crippen molar-refractivity contribution in [2.24, 2.45) is 11.1 Å². The van der Waals surface area contributed by atoms with Crippen molar-refractivity contribution < 1.29 is 0 Å². The maximum Gasteiger partial charge on any atom is 0.0135 e. The van der Waals surface area contributed by atoms with Gasteiger partial charge in [-0.1, -0.05) is 13.8 Å². The molecule has 0 heterocycles. The lowest BCUT2D eigenvalue weighted by Crippen LogP contribution is -2.52. The summed E-state index contributed by atoms with van der Waals surface area (Å²) in [5, 5.41) is 3.63. The first-order valence-corrected chi connectivity index (χ1v) is 5.47. The van der Waals surface area contributed by atoms with Crippen LogP contribution in [0, 0.1) is 5.41 Å². The van der Waals surface area contributed by atoms with Crippen LogP contribution in [0.1, 0.15) is 54.9 Å². The van der Waals surface area contributed by atoms with Gasteiger partial charge in [0.15, 0.2) is 0 Å². The first-order chi connectivity index (χ1) is 5.97. The number of nitrogens with two attached hydrogens (primary N) is 1. The molecule has 14 heavy (non-hydrogen) atoms. The Morgan fingerprint density at radius 3 is 1.64 bits per heavy atom. The highest BCUT2D eigenvalue weighted by atomic mass is 15.0. The number of hydrogen-bond acceptors (Lipinski definition) is 2. The lowest BCUT2D eigenvalue weighted by atomic mass is 9.79. The molecule has 0 spiro atoms. The van der Waals surface area contributed by atoms with Gasteiger partial charge in [-0.2, -0.15) is 0 Å². The van der Waals surface area contributed by atoms with E-state index in [0.717, 1.165) is 13.0 Å². The average Bonchev–Trinajstić information content (AvgIpc) is 1.78. The topological polar surface area (TPSA) is 38.0 Å². The first-order valence-electron chi connectivity index (χ1n) is 5.47. The third kappa shape index (κ3) is 6.39. The molecule has 0 unspecified atom stereocenters. The first kappa shape index (κ1) is 13.9. The van der Waals surface area contributed by atoms with E-state index in [4.69, 9.17) is 5.73 Å². The third-order valence-electron chi connectivity index (χ3n) is 2.19. The van der Waals surface area contributed by atoms with Gasteiger partial charge in [0, 0.05) is 11.1 Å².